The predicted octanol–water partition coefficient (Wildman–Crippen LogP) is 3.99. The average molecular weight is 458 g/mol. The number of ether oxygens (including phenoxy) is 1. The molecule has 2 aliphatic rings. The zero-order valence-electron chi connectivity index (χ0n) is 18.1. The van der Waals surface area contributed by atoms with E-state index in [2.05, 4.69) is 15.3 Å². The minimum atomic E-state index is -4.44. The van der Waals surface area contributed by atoms with Crippen LogP contribution >= 0.6 is 0 Å². The lowest BCUT2D eigenvalue weighted by molar-refractivity contribution is -0.0886. The Labute approximate surface area is 190 Å². The van der Waals surface area contributed by atoms with Gasteiger partial charge in [-0.1, -0.05) is 30.4 Å². The molecule has 2 heterocycles. The van der Waals surface area contributed by atoms with Gasteiger partial charge in [-0.2, -0.15) is 13.2 Å². The highest BCUT2D eigenvalue weighted by atomic mass is 19.4. The van der Waals surface area contributed by atoms with E-state index in [-0.39, 0.29) is 24.7 Å². The summed E-state index contributed by atoms with van der Waals surface area (Å²) in [5, 5.41) is 2.40. The molecule has 1 aliphatic heterocycles. The first-order chi connectivity index (χ1) is 15.9. The van der Waals surface area contributed by atoms with Crippen LogP contribution in [-0.4, -0.2) is 59.3 Å². The van der Waals surface area contributed by atoms with Gasteiger partial charge in [-0.3, -0.25) is 4.79 Å². The number of nitrogens with one attached hydrogen (secondary N) is 1. The second-order valence-electron chi connectivity index (χ2n) is 8.14. The van der Waals surface area contributed by atoms with Crippen LogP contribution in [0.3, 0.4) is 0 Å². The number of hydrogen-bond donors (Lipinski definition) is 1. The first-order valence-electron chi connectivity index (χ1n) is 10.8. The highest BCUT2D eigenvalue weighted by Crippen LogP contribution is 2.40. The fourth-order valence-corrected chi connectivity index (χ4v) is 4.57. The molecule has 0 spiro atoms. The number of carbonyl (C=O) groups excluding carboxylic acids is 1. The maximum Gasteiger partial charge on any atom is 0.417 e. The van der Waals surface area contributed by atoms with Crippen molar-refractivity contribution in [3.05, 3.63) is 72.2 Å². The Morgan fingerprint density at radius 2 is 1.97 bits per heavy atom. The maximum atomic E-state index is 13.4. The zero-order chi connectivity index (χ0) is 23.4. The lowest BCUT2D eigenvalue weighted by Crippen LogP contribution is -2.46. The van der Waals surface area contributed by atoms with Crippen molar-refractivity contribution in [1.29, 1.82) is 0 Å². The van der Waals surface area contributed by atoms with Crippen LogP contribution in [0.1, 0.15) is 23.2 Å². The molecule has 2 aromatic rings. The van der Waals surface area contributed by atoms with Crippen molar-refractivity contribution >= 4 is 5.91 Å². The summed E-state index contributed by atoms with van der Waals surface area (Å²) in [7, 11) is 1.42. The minimum absolute atomic E-state index is 0.0431. The minimum Gasteiger partial charge on any atom is -0.393 e. The molecular weight excluding hydrogens is 433 g/mol. The van der Waals surface area contributed by atoms with Crippen molar-refractivity contribution in [3.8, 4) is 11.4 Å². The largest absolute Gasteiger partial charge is 0.417 e. The standard InChI is InChI=1S/C24H25F3N4O2/c1-28-14-17(24(25,26)27)6-4-11-33-21-13-16-12-20(21)31(15-16)23(32)19-8-3-2-7-18(19)22-29-9-5-10-30-22/h2-10,14,16,20-21,28H,11-13,15H2,1H3/b6-4-,17-14+. The number of halogens is 3. The molecule has 0 radical (unpaired) electrons. The van der Waals surface area contributed by atoms with Gasteiger partial charge in [-0.25, -0.2) is 9.97 Å². The Morgan fingerprint density at radius 3 is 2.67 bits per heavy atom. The monoisotopic (exact) mass is 458 g/mol. The molecule has 4 rings (SSSR count). The number of rotatable bonds is 7. The smallest absolute Gasteiger partial charge is 0.393 e. The molecule has 2 fully saturated rings. The number of hydrogen-bond acceptors (Lipinski definition) is 5. The van der Waals surface area contributed by atoms with Crippen molar-refractivity contribution in [2.24, 2.45) is 5.92 Å². The van der Waals surface area contributed by atoms with Crippen LogP contribution in [-0.2, 0) is 4.74 Å². The number of likely N-dealkylation sites (tertiary alicyclic amines) is 1. The van der Waals surface area contributed by atoms with Gasteiger partial charge < -0.3 is 15.0 Å². The fraction of sp³-hybridized carbons (Fsp3) is 0.375. The summed E-state index contributed by atoms with van der Waals surface area (Å²) in [5.41, 5.74) is 0.419. The van der Waals surface area contributed by atoms with E-state index in [1.807, 2.05) is 23.1 Å². The number of fused-ring (bicyclic) bond motifs is 2. The summed E-state index contributed by atoms with van der Waals surface area (Å²) in [5.74, 6) is 0.701. The number of piperidine rings is 1. The molecule has 1 saturated carbocycles. The number of aromatic nitrogens is 2. The quantitative estimate of drug-likeness (QED) is 0.636. The van der Waals surface area contributed by atoms with Crippen LogP contribution in [0, 0.1) is 5.92 Å². The van der Waals surface area contributed by atoms with Gasteiger partial charge >= 0.3 is 6.18 Å². The van der Waals surface area contributed by atoms with Crippen LogP contribution in [0.2, 0.25) is 0 Å². The third-order valence-corrected chi connectivity index (χ3v) is 5.98. The van der Waals surface area contributed by atoms with Crippen LogP contribution in [0.15, 0.2) is 66.7 Å². The molecule has 6 nitrogen and oxygen atoms in total. The number of allylic oxidation sites excluding steroid dienone is 2. The topological polar surface area (TPSA) is 67.3 Å². The second-order valence-corrected chi connectivity index (χ2v) is 8.14. The van der Waals surface area contributed by atoms with Gasteiger partial charge in [0.2, 0.25) is 0 Å². The Morgan fingerprint density at radius 1 is 1.21 bits per heavy atom. The van der Waals surface area contributed by atoms with Gasteiger partial charge in [0.25, 0.3) is 5.91 Å². The first kappa shape index (κ1) is 23.0. The normalized spacial score (nSPS) is 22.8. The van der Waals surface area contributed by atoms with Gasteiger partial charge in [0, 0.05) is 37.7 Å². The van der Waals surface area contributed by atoms with Gasteiger partial charge in [0.05, 0.1) is 29.9 Å². The van der Waals surface area contributed by atoms with E-state index in [0.717, 1.165) is 25.1 Å². The number of benzene rings is 1. The van der Waals surface area contributed by atoms with E-state index in [9.17, 15) is 18.0 Å². The molecule has 174 valence electrons. The summed E-state index contributed by atoms with van der Waals surface area (Å²) >= 11 is 0. The highest BCUT2D eigenvalue weighted by Gasteiger charge is 2.47. The summed E-state index contributed by atoms with van der Waals surface area (Å²) in [6.07, 6.45) is 3.51. The van der Waals surface area contributed by atoms with Crippen molar-refractivity contribution in [2.75, 3.05) is 20.2 Å². The molecule has 1 aliphatic carbocycles. The van der Waals surface area contributed by atoms with Gasteiger partial charge in [0.1, 0.15) is 0 Å². The molecule has 1 amide bonds. The molecule has 33 heavy (non-hydrogen) atoms. The van der Waals surface area contributed by atoms with Crippen molar-refractivity contribution < 1.29 is 22.7 Å². The van der Waals surface area contributed by atoms with Gasteiger partial charge in [-0.15, -0.1) is 0 Å². The van der Waals surface area contributed by atoms with E-state index in [0.29, 0.717) is 29.4 Å². The van der Waals surface area contributed by atoms with Gasteiger partial charge in [-0.05, 0) is 30.9 Å². The Hall–Kier alpha value is -3.20. The van der Waals surface area contributed by atoms with Crippen LogP contribution in [0.4, 0.5) is 13.2 Å². The zero-order valence-corrected chi connectivity index (χ0v) is 18.1. The van der Waals surface area contributed by atoms with E-state index >= 15 is 0 Å². The van der Waals surface area contributed by atoms with E-state index in [4.69, 9.17) is 4.74 Å². The predicted molar refractivity (Wildman–Crippen MR) is 117 cm³/mol. The molecule has 1 aromatic carbocycles. The van der Waals surface area contributed by atoms with E-state index in [1.54, 1.807) is 24.5 Å². The van der Waals surface area contributed by atoms with Crippen LogP contribution in [0.5, 0.6) is 0 Å². The number of nitrogens with zero attached hydrogens (tertiary/aromatic N) is 3. The SMILES string of the molecule is CN/C=C(\C=C/COC1CC2CC1N(C(=O)c1ccccc1-c1ncccn1)C2)C(F)(F)F. The fourth-order valence-electron chi connectivity index (χ4n) is 4.57. The molecule has 3 atom stereocenters. The summed E-state index contributed by atoms with van der Waals surface area (Å²) in [4.78, 5) is 23.8. The van der Waals surface area contributed by atoms with Crippen molar-refractivity contribution in [2.45, 2.75) is 31.2 Å². The Kier molecular flexibility index (Phi) is 6.78. The lowest BCUT2D eigenvalue weighted by Gasteiger charge is -2.33. The highest BCUT2D eigenvalue weighted by molar-refractivity contribution is 6.00. The number of carbonyl (C=O) groups is 1. The van der Waals surface area contributed by atoms with Crippen LogP contribution in [0.25, 0.3) is 11.4 Å². The van der Waals surface area contributed by atoms with E-state index < -0.39 is 11.7 Å². The molecule has 1 N–H and O–H groups in total. The molecular formula is C24H25F3N4O2. The molecule has 1 saturated heterocycles. The third-order valence-electron chi connectivity index (χ3n) is 5.98. The summed E-state index contributed by atoms with van der Waals surface area (Å²) in [6, 6.07) is 8.86. The summed E-state index contributed by atoms with van der Waals surface area (Å²) < 4.78 is 44.8. The van der Waals surface area contributed by atoms with Crippen molar-refractivity contribution in [1.82, 2.24) is 20.2 Å². The third kappa shape index (κ3) is 5.08. The number of alkyl halides is 3. The van der Waals surface area contributed by atoms with Gasteiger partial charge in [0.15, 0.2) is 5.82 Å². The second kappa shape index (κ2) is 9.74. The molecule has 3 unspecified atom stereocenters. The molecule has 1 aromatic heterocycles. The van der Waals surface area contributed by atoms with Crippen LogP contribution < -0.4 is 5.32 Å². The molecule has 2 bridgehead atoms. The number of amides is 1. The van der Waals surface area contributed by atoms with Crippen molar-refractivity contribution in [3.63, 3.8) is 0 Å². The van der Waals surface area contributed by atoms with E-state index in [1.165, 1.54) is 13.1 Å². The molecule has 9 heteroatoms. The first-order valence-corrected chi connectivity index (χ1v) is 10.8. The Balaban J connectivity index is 1.44. The maximum absolute atomic E-state index is 13.4. The summed E-state index contributed by atoms with van der Waals surface area (Å²) in [6.45, 7) is 0.688. The Bertz CT molecular complexity index is 1040. The average Bonchev–Trinajstić information content (AvgIpc) is 3.41. The lowest BCUT2D eigenvalue weighted by atomic mass is 10.0.